The van der Waals surface area contributed by atoms with Crippen molar-refractivity contribution in [2.75, 3.05) is 0 Å². The van der Waals surface area contributed by atoms with Crippen molar-refractivity contribution in [2.45, 2.75) is 77.0 Å². The lowest BCUT2D eigenvalue weighted by molar-refractivity contribution is -0.0272. The third-order valence-corrected chi connectivity index (χ3v) is 5.80. The van der Waals surface area contributed by atoms with Crippen molar-refractivity contribution in [3.63, 3.8) is 0 Å². The summed E-state index contributed by atoms with van der Waals surface area (Å²) < 4.78 is 6.54. The zero-order chi connectivity index (χ0) is 11.6. The highest BCUT2D eigenvalue weighted by Crippen LogP contribution is 2.46. The van der Waals surface area contributed by atoms with Gasteiger partial charge in [0.05, 0.1) is 5.60 Å². The Morgan fingerprint density at radius 2 is 1.25 bits per heavy atom. The van der Waals surface area contributed by atoms with Gasteiger partial charge in [0.2, 0.25) is 0 Å². The van der Waals surface area contributed by atoms with Crippen LogP contribution < -0.4 is 0 Å². The molecule has 0 aromatic rings. The Hall–Kier alpha value is 0.177. The van der Waals surface area contributed by atoms with E-state index in [0.717, 1.165) is 11.8 Å². The third kappa shape index (κ3) is 2.53. The topological polar surface area (TPSA) is 9.23 Å². The van der Waals surface area contributed by atoms with Crippen LogP contribution in [0.4, 0.5) is 0 Å². The minimum atomic E-state index is -0.908. The molecule has 2 rings (SSSR count). The van der Waals surface area contributed by atoms with Gasteiger partial charge in [0.25, 0.3) is 0 Å². The number of hydrogen-bond acceptors (Lipinski definition) is 1. The molecule has 2 saturated carbocycles. The SMILES string of the molecule is C[SiH](C)OC(C)(C1CCCC1)C1CCCC1. The van der Waals surface area contributed by atoms with Crippen LogP contribution in [0.15, 0.2) is 0 Å². The van der Waals surface area contributed by atoms with E-state index in [1.807, 2.05) is 0 Å². The number of hydrogen-bond donors (Lipinski definition) is 0. The van der Waals surface area contributed by atoms with Crippen LogP contribution in [-0.4, -0.2) is 14.6 Å². The lowest BCUT2D eigenvalue weighted by Gasteiger charge is -2.43. The molecule has 0 saturated heterocycles. The van der Waals surface area contributed by atoms with Gasteiger partial charge in [-0.15, -0.1) is 0 Å². The van der Waals surface area contributed by atoms with E-state index in [9.17, 15) is 0 Å². The van der Waals surface area contributed by atoms with Gasteiger partial charge in [-0.2, -0.15) is 0 Å². The van der Waals surface area contributed by atoms with Crippen molar-refractivity contribution in [1.82, 2.24) is 0 Å². The second-order valence-corrected chi connectivity index (χ2v) is 8.65. The molecule has 0 atom stereocenters. The highest BCUT2D eigenvalue weighted by molar-refractivity contribution is 6.48. The minimum Gasteiger partial charge on any atom is -0.415 e. The second-order valence-electron chi connectivity index (χ2n) is 6.31. The molecular formula is C14H28OSi. The van der Waals surface area contributed by atoms with Crippen molar-refractivity contribution in [2.24, 2.45) is 11.8 Å². The molecule has 16 heavy (non-hydrogen) atoms. The van der Waals surface area contributed by atoms with E-state index in [2.05, 4.69) is 20.0 Å². The molecule has 0 aliphatic heterocycles. The summed E-state index contributed by atoms with van der Waals surface area (Å²) in [6, 6.07) is 0. The van der Waals surface area contributed by atoms with E-state index in [1.165, 1.54) is 51.4 Å². The number of rotatable bonds is 4. The summed E-state index contributed by atoms with van der Waals surface area (Å²) in [5, 5.41) is 0. The quantitative estimate of drug-likeness (QED) is 0.672. The monoisotopic (exact) mass is 240 g/mol. The molecule has 2 aliphatic carbocycles. The van der Waals surface area contributed by atoms with Crippen LogP contribution in [0.2, 0.25) is 13.1 Å². The van der Waals surface area contributed by atoms with Gasteiger partial charge in [0.15, 0.2) is 9.04 Å². The average molecular weight is 240 g/mol. The maximum Gasteiger partial charge on any atom is 0.171 e. The molecule has 0 unspecified atom stereocenters. The van der Waals surface area contributed by atoms with Crippen LogP contribution in [0.5, 0.6) is 0 Å². The summed E-state index contributed by atoms with van der Waals surface area (Å²) in [6.07, 6.45) is 11.5. The smallest absolute Gasteiger partial charge is 0.171 e. The van der Waals surface area contributed by atoms with Crippen molar-refractivity contribution >= 4 is 9.04 Å². The average Bonchev–Trinajstić information content (AvgIpc) is 2.91. The second kappa shape index (κ2) is 5.22. The Morgan fingerprint density at radius 3 is 1.56 bits per heavy atom. The molecule has 2 aliphatic rings. The molecule has 94 valence electrons. The van der Waals surface area contributed by atoms with E-state index >= 15 is 0 Å². The first kappa shape index (κ1) is 12.6. The summed E-state index contributed by atoms with van der Waals surface area (Å²) in [6.45, 7) is 7.12. The first-order chi connectivity index (χ1) is 7.63. The molecule has 0 spiro atoms. The highest BCUT2D eigenvalue weighted by Gasteiger charge is 2.44. The highest BCUT2D eigenvalue weighted by atomic mass is 28.3. The van der Waals surface area contributed by atoms with Crippen molar-refractivity contribution in [1.29, 1.82) is 0 Å². The maximum absolute atomic E-state index is 6.54. The fraction of sp³-hybridized carbons (Fsp3) is 1.00. The van der Waals surface area contributed by atoms with E-state index in [0.29, 0.717) is 0 Å². The van der Waals surface area contributed by atoms with E-state index < -0.39 is 9.04 Å². The molecule has 0 aromatic heterocycles. The van der Waals surface area contributed by atoms with E-state index in [1.54, 1.807) is 0 Å². The van der Waals surface area contributed by atoms with Crippen LogP contribution in [0.3, 0.4) is 0 Å². The van der Waals surface area contributed by atoms with E-state index in [-0.39, 0.29) is 5.60 Å². The zero-order valence-electron chi connectivity index (χ0n) is 11.3. The van der Waals surface area contributed by atoms with Gasteiger partial charge < -0.3 is 4.43 Å². The normalized spacial score (nSPS) is 24.8. The summed E-state index contributed by atoms with van der Waals surface area (Å²) in [5.41, 5.74) is 0.243. The predicted octanol–water partition coefficient (Wildman–Crippen LogP) is 4.13. The summed E-state index contributed by atoms with van der Waals surface area (Å²) in [4.78, 5) is 0. The first-order valence-electron chi connectivity index (χ1n) is 7.30. The van der Waals surface area contributed by atoms with Gasteiger partial charge in [-0.3, -0.25) is 0 Å². The molecule has 0 aromatic carbocycles. The van der Waals surface area contributed by atoms with Crippen LogP contribution in [-0.2, 0) is 4.43 Å². The van der Waals surface area contributed by atoms with Gasteiger partial charge in [-0.05, 0) is 57.5 Å². The first-order valence-corrected chi connectivity index (χ1v) is 10.1. The van der Waals surface area contributed by atoms with Gasteiger partial charge >= 0.3 is 0 Å². The Bertz CT molecular complexity index is 199. The Labute approximate surface area is 103 Å². The van der Waals surface area contributed by atoms with Crippen molar-refractivity contribution in [3.05, 3.63) is 0 Å². The minimum absolute atomic E-state index is 0.243. The molecule has 0 radical (unpaired) electrons. The molecule has 1 nitrogen and oxygen atoms in total. The van der Waals surface area contributed by atoms with Crippen LogP contribution in [0.25, 0.3) is 0 Å². The van der Waals surface area contributed by atoms with Gasteiger partial charge in [0, 0.05) is 0 Å². The largest absolute Gasteiger partial charge is 0.415 e. The fourth-order valence-corrected chi connectivity index (χ4v) is 5.43. The van der Waals surface area contributed by atoms with Crippen molar-refractivity contribution < 1.29 is 4.43 Å². The molecule has 0 heterocycles. The van der Waals surface area contributed by atoms with Crippen LogP contribution in [0.1, 0.15) is 58.3 Å². The maximum atomic E-state index is 6.54. The molecule has 0 bridgehead atoms. The third-order valence-electron chi connectivity index (χ3n) is 4.82. The Morgan fingerprint density at radius 1 is 0.875 bits per heavy atom. The summed E-state index contributed by atoms with van der Waals surface area (Å²) >= 11 is 0. The summed E-state index contributed by atoms with van der Waals surface area (Å²) in [5.74, 6) is 1.73. The Balaban J connectivity index is 2.09. The predicted molar refractivity (Wildman–Crippen MR) is 72.3 cm³/mol. The van der Waals surface area contributed by atoms with Gasteiger partial charge in [-0.25, -0.2) is 0 Å². The standard InChI is InChI=1S/C14H28OSi/c1-14(15-16(2)3,12-8-4-5-9-12)13-10-6-7-11-13/h12-13,16H,4-11H2,1-3H3. The van der Waals surface area contributed by atoms with Crippen LogP contribution in [0, 0.1) is 11.8 Å². The molecule has 0 N–H and O–H groups in total. The fourth-order valence-electron chi connectivity index (χ4n) is 4.03. The van der Waals surface area contributed by atoms with Gasteiger partial charge in [-0.1, -0.05) is 25.7 Å². The molecule has 2 heteroatoms. The van der Waals surface area contributed by atoms with E-state index in [4.69, 9.17) is 4.43 Å². The molecular weight excluding hydrogens is 212 g/mol. The Kier molecular flexibility index (Phi) is 4.12. The van der Waals surface area contributed by atoms with Gasteiger partial charge in [0.1, 0.15) is 0 Å². The molecule has 2 fully saturated rings. The van der Waals surface area contributed by atoms with Crippen molar-refractivity contribution in [3.8, 4) is 0 Å². The lowest BCUT2D eigenvalue weighted by atomic mass is 9.76. The van der Waals surface area contributed by atoms with Crippen LogP contribution >= 0.6 is 0 Å². The lowest BCUT2D eigenvalue weighted by Crippen LogP contribution is -2.45. The zero-order valence-corrected chi connectivity index (χ0v) is 12.5. The molecule has 0 amide bonds. The summed E-state index contributed by atoms with van der Waals surface area (Å²) in [7, 11) is -0.908.